The first kappa shape index (κ1) is 15.0. The van der Waals surface area contributed by atoms with Crippen molar-refractivity contribution in [3.8, 4) is 0 Å². The second-order valence-corrected chi connectivity index (χ2v) is 6.50. The van der Waals surface area contributed by atoms with E-state index >= 15 is 0 Å². The number of halogens is 2. The summed E-state index contributed by atoms with van der Waals surface area (Å²) in [5.41, 5.74) is 0. The zero-order chi connectivity index (χ0) is 13.9. The highest BCUT2D eigenvalue weighted by Crippen LogP contribution is 2.19. The summed E-state index contributed by atoms with van der Waals surface area (Å²) >= 11 is 0. The van der Waals surface area contributed by atoms with Crippen LogP contribution in [0.15, 0.2) is 23.1 Å². The fraction of sp³-hybridized carbons (Fsp3) is 0.500. The molecule has 0 radical (unpaired) electrons. The highest BCUT2D eigenvalue weighted by Gasteiger charge is 2.25. The van der Waals surface area contributed by atoms with Gasteiger partial charge in [-0.25, -0.2) is 17.2 Å². The summed E-state index contributed by atoms with van der Waals surface area (Å²) in [5.74, 6) is -1.88. The summed E-state index contributed by atoms with van der Waals surface area (Å²) in [7, 11) is -2.21. The third kappa shape index (κ3) is 3.49. The lowest BCUT2D eigenvalue weighted by Crippen LogP contribution is -2.37. The van der Waals surface area contributed by atoms with Gasteiger partial charge in [-0.15, -0.1) is 0 Å². The molecular formula is C12H17F2NO2S. The first-order valence-electron chi connectivity index (χ1n) is 5.63. The quantitative estimate of drug-likeness (QED) is 0.895. The molecule has 0 aliphatic rings. The zero-order valence-corrected chi connectivity index (χ0v) is 11.4. The Balaban J connectivity index is 3.10. The molecule has 18 heavy (non-hydrogen) atoms. The standard InChI is InChI=1S/C12H17F2NO2S/c1-8(2)11(15-3)7-18(16,17)12-6-9(13)4-5-10(12)14/h4-6,8,11,15H,7H2,1-3H3. The monoisotopic (exact) mass is 277 g/mol. The fourth-order valence-electron chi connectivity index (χ4n) is 1.65. The van der Waals surface area contributed by atoms with E-state index in [0.717, 1.165) is 18.2 Å². The molecule has 3 nitrogen and oxygen atoms in total. The summed E-state index contributed by atoms with van der Waals surface area (Å²) < 4.78 is 50.5. The van der Waals surface area contributed by atoms with Crippen LogP contribution in [0, 0.1) is 17.6 Å². The maximum Gasteiger partial charge on any atom is 0.182 e. The molecule has 0 saturated carbocycles. The maximum absolute atomic E-state index is 13.5. The largest absolute Gasteiger partial charge is 0.316 e. The van der Waals surface area contributed by atoms with Gasteiger partial charge in [-0.05, 0) is 31.2 Å². The van der Waals surface area contributed by atoms with E-state index in [0.29, 0.717) is 0 Å². The summed E-state index contributed by atoms with van der Waals surface area (Å²) in [4.78, 5) is -0.580. The smallest absolute Gasteiger partial charge is 0.182 e. The Morgan fingerprint density at radius 3 is 2.39 bits per heavy atom. The third-order valence-corrected chi connectivity index (χ3v) is 4.58. The molecule has 1 aromatic carbocycles. The van der Waals surface area contributed by atoms with Crippen molar-refractivity contribution in [2.45, 2.75) is 24.8 Å². The lowest BCUT2D eigenvalue weighted by molar-refractivity contribution is 0.453. The topological polar surface area (TPSA) is 46.2 Å². The van der Waals surface area contributed by atoms with Crippen molar-refractivity contribution < 1.29 is 17.2 Å². The molecule has 0 aliphatic heterocycles. The molecule has 0 heterocycles. The van der Waals surface area contributed by atoms with Gasteiger partial charge in [0.25, 0.3) is 0 Å². The molecule has 0 fully saturated rings. The second-order valence-electron chi connectivity index (χ2n) is 4.50. The van der Waals surface area contributed by atoms with Crippen molar-refractivity contribution in [2.75, 3.05) is 12.8 Å². The van der Waals surface area contributed by atoms with E-state index in [1.165, 1.54) is 0 Å². The first-order chi connectivity index (χ1) is 8.27. The van der Waals surface area contributed by atoms with Gasteiger partial charge in [-0.2, -0.15) is 0 Å². The Morgan fingerprint density at radius 2 is 1.89 bits per heavy atom. The summed E-state index contributed by atoms with van der Waals surface area (Å²) in [5, 5.41) is 2.87. The Labute approximate surface area is 106 Å². The Hall–Kier alpha value is -1.01. The molecule has 1 rings (SSSR count). The molecule has 1 aromatic rings. The van der Waals surface area contributed by atoms with Crippen molar-refractivity contribution in [2.24, 2.45) is 5.92 Å². The molecule has 1 N–H and O–H groups in total. The average molecular weight is 277 g/mol. The van der Waals surface area contributed by atoms with Crippen LogP contribution in [0.4, 0.5) is 8.78 Å². The Morgan fingerprint density at radius 1 is 1.28 bits per heavy atom. The van der Waals surface area contributed by atoms with Crippen LogP contribution in [0.3, 0.4) is 0 Å². The third-order valence-electron chi connectivity index (χ3n) is 2.80. The van der Waals surface area contributed by atoms with Crippen LogP contribution in [-0.4, -0.2) is 27.3 Å². The van der Waals surface area contributed by atoms with E-state index in [1.807, 2.05) is 13.8 Å². The minimum Gasteiger partial charge on any atom is -0.316 e. The average Bonchev–Trinajstić information content (AvgIpc) is 2.28. The van der Waals surface area contributed by atoms with Crippen molar-refractivity contribution in [1.82, 2.24) is 5.32 Å². The highest BCUT2D eigenvalue weighted by molar-refractivity contribution is 7.91. The number of sulfone groups is 1. The van der Waals surface area contributed by atoms with Crippen molar-refractivity contribution in [1.29, 1.82) is 0 Å². The van der Waals surface area contributed by atoms with Crippen LogP contribution in [0.1, 0.15) is 13.8 Å². The van der Waals surface area contributed by atoms with E-state index in [2.05, 4.69) is 5.32 Å². The second kappa shape index (κ2) is 5.75. The minimum absolute atomic E-state index is 0.0707. The molecule has 0 aromatic heterocycles. The van der Waals surface area contributed by atoms with Gasteiger partial charge >= 0.3 is 0 Å². The predicted octanol–water partition coefficient (Wildman–Crippen LogP) is 1.98. The fourth-order valence-corrected chi connectivity index (χ4v) is 3.51. The molecule has 1 unspecified atom stereocenters. The molecule has 0 bridgehead atoms. The molecule has 6 heteroatoms. The first-order valence-corrected chi connectivity index (χ1v) is 7.28. The van der Waals surface area contributed by atoms with Gasteiger partial charge in [0.05, 0.1) is 5.75 Å². The molecule has 0 aliphatic carbocycles. The van der Waals surface area contributed by atoms with Crippen molar-refractivity contribution in [3.63, 3.8) is 0 Å². The van der Waals surface area contributed by atoms with Crippen LogP contribution in [0.25, 0.3) is 0 Å². The molecule has 1 atom stereocenters. The molecule has 0 spiro atoms. The van der Waals surface area contributed by atoms with Gasteiger partial charge in [-0.1, -0.05) is 13.8 Å². The van der Waals surface area contributed by atoms with E-state index in [4.69, 9.17) is 0 Å². The van der Waals surface area contributed by atoms with E-state index < -0.39 is 26.4 Å². The van der Waals surface area contributed by atoms with Gasteiger partial charge in [0, 0.05) is 6.04 Å². The minimum atomic E-state index is -3.85. The van der Waals surface area contributed by atoms with E-state index in [9.17, 15) is 17.2 Å². The summed E-state index contributed by atoms with van der Waals surface area (Å²) in [6.07, 6.45) is 0. The lowest BCUT2D eigenvalue weighted by atomic mass is 10.1. The number of benzene rings is 1. The molecule has 0 amide bonds. The normalized spacial score (nSPS) is 13.9. The van der Waals surface area contributed by atoms with Crippen LogP contribution in [-0.2, 0) is 9.84 Å². The number of hydrogen-bond acceptors (Lipinski definition) is 3. The van der Waals surface area contributed by atoms with Gasteiger partial charge in [0.1, 0.15) is 16.5 Å². The van der Waals surface area contributed by atoms with E-state index in [-0.39, 0.29) is 17.7 Å². The number of nitrogens with one attached hydrogen (secondary N) is 1. The summed E-state index contributed by atoms with van der Waals surface area (Å²) in [6.45, 7) is 3.72. The van der Waals surface area contributed by atoms with Crippen LogP contribution in [0.5, 0.6) is 0 Å². The number of hydrogen-bond donors (Lipinski definition) is 1. The van der Waals surface area contributed by atoms with Gasteiger partial charge in [-0.3, -0.25) is 0 Å². The molecule has 102 valence electrons. The van der Waals surface area contributed by atoms with Crippen molar-refractivity contribution in [3.05, 3.63) is 29.8 Å². The number of rotatable bonds is 5. The Bertz CT molecular complexity index is 515. The Kier molecular flexibility index (Phi) is 4.81. The van der Waals surface area contributed by atoms with Gasteiger partial charge in [0.2, 0.25) is 0 Å². The van der Waals surface area contributed by atoms with Crippen LogP contribution < -0.4 is 5.32 Å². The van der Waals surface area contributed by atoms with E-state index in [1.54, 1.807) is 7.05 Å². The van der Waals surface area contributed by atoms with Gasteiger partial charge in [0.15, 0.2) is 9.84 Å². The SMILES string of the molecule is CNC(CS(=O)(=O)c1cc(F)ccc1F)C(C)C. The predicted molar refractivity (Wildman–Crippen MR) is 66.1 cm³/mol. The van der Waals surface area contributed by atoms with Crippen LogP contribution >= 0.6 is 0 Å². The van der Waals surface area contributed by atoms with Gasteiger partial charge < -0.3 is 5.32 Å². The zero-order valence-electron chi connectivity index (χ0n) is 10.6. The lowest BCUT2D eigenvalue weighted by Gasteiger charge is -2.20. The maximum atomic E-state index is 13.5. The van der Waals surface area contributed by atoms with Crippen LogP contribution in [0.2, 0.25) is 0 Å². The summed E-state index contributed by atoms with van der Waals surface area (Å²) in [6, 6.07) is 2.13. The highest BCUT2D eigenvalue weighted by atomic mass is 32.2. The van der Waals surface area contributed by atoms with Crippen molar-refractivity contribution >= 4 is 9.84 Å². The molecular weight excluding hydrogens is 260 g/mol. The molecule has 0 saturated heterocycles.